The molecule has 1 aliphatic heterocycles. The van der Waals surface area contributed by atoms with E-state index in [1.165, 1.54) is 5.69 Å². The van der Waals surface area contributed by atoms with Crippen LogP contribution in [0.15, 0.2) is 6.07 Å². The van der Waals surface area contributed by atoms with Gasteiger partial charge < -0.3 is 10.1 Å². The van der Waals surface area contributed by atoms with E-state index in [1.807, 2.05) is 11.7 Å². The van der Waals surface area contributed by atoms with Crippen LogP contribution in [-0.2, 0) is 18.2 Å². The molecule has 1 saturated heterocycles. The van der Waals surface area contributed by atoms with E-state index in [-0.39, 0.29) is 0 Å². The van der Waals surface area contributed by atoms with Gasteiger partial charge in [-0.05, 0) is 39.3 Å². The molecule has 1 aromatic heterocycles. The Morgan fingerprint density at radius 3 is 2.50 bits per heavy atom. The predicted molar refractivity (Wildman–Crippen MR) is 81.8 cm³/mol. The Bertz CT molecular complexity index is 443. The number of rotatable bonds is 5. The van der Waals surface area contributed by atoms with Crippen molar-refractivity contribution in [3.05, 3.63) is 17.5 Å². The van der Waals surface area contributed by atoms with Gasteiger partial charge in [0.2, 0.25) is 0 Å². The molecular weight excluding hydrogens is 250 g/mol. The number of nitrogens with zero attached hydrogens (tertiary/aromatic N) is 2. The molecule has 4 heteroatoms. The summed E-state index contributed by atoms with van der Waals surface area (Å²) in [7, 11) is 2.03. The van der Waals surface area contributed by atoms with Crippen LogP contribution in [0.3, 0.4) is 0 Å². The first-order valence-corrected chi connectivity index (χ1v) is 7.82. The Morgan fingerprint density at radius 1 is 1.35 bits per heavy atom. The van der Waals surface area contributed by atoms with E-state index in [0.29, 0.717) is 30.1 Å². The van der Waals surface area contributed by atoms with E-state index >= 15 is 0 Å². The van der Waals surface area contributed by atoms with Crippen molar-refractivity contribution < 1.29 is 4.74 Å². The fourth-order valence-corrected chi connectivity index (χ4v) is 3.67. The van der Waals surface area contributed by atoms with Gasteiger partial charge in [-0.3, -0.25) is 4.68 Å². The van der Waals surface area contributed by atoms with E-state index in [0.717, 1.165) is 18.7 Å². The van der Waals surface area contributed by atoms with Crippen LogP contribution < -0.4 is 5.32 Å². The Kier molecular flexibility index (Phi) is 4.86. The maximum atomic E-state index is 6.02. The quantitative estimate of drug-likeness (QED) is 0.899. The summed E-state index contributed by atoms with van der Waals surface area (Å²) in [5.74, 6) is 1.14. The van der Waals surface area contributed by atoms with Gasteiger partial charge in [-0.15, -0.1) is 0 Å². The van der Waals surface area contributed by atoms with Gasteiger partial charge in [0.15, 0.2) is 0 Å². The first-order chi connectivity index (χ1) is 9.43. The zero-order chi connectivity index (χ0) is 14.9. The van der Waals surface area contributed by atoms with Crippen molar-refractivity contribution in [1.82, 2.24) is 15.1 Å². The minimum absolute atomic E-state index is 0.318. The molecule has 1 aliphatic rings. The maximum Gasteiger partial charge on any atom is 0.0597 e. The first kappa shape index (κ1) is 15.5. The Labute approximate surface area is 122 Å². The standard InChI is InChI=1S/C16H29N3O/c1-7-17-15(9-14-8-10(2)18-19(14)6)16-11(3)12(4)20-13(16)5/h8,11-13,15-17H,7,9H2,1-6H3. The molecule has 0 aromatic carbocycles. The lowest BCUT2D eigenvalue weighted by Gasteiger charge is -2.29. The third-order valence-corrected chi connectivity index (χ3v) is 4.78. The molecule has 2 rings (SSSR count). The average Bonchev–Trinajstić information content (AvgIpc) is 2.79. The van der Waals surface area contributed by atoms with Gasteiger partial charge in [0.1, 0.15) is 0 Å². The SMILES string of the molecule is CCNC(Cc1cc(C)nn1C)C1C(C)OC(C)C1C. The molecule has 1 N–H and O–H groups in total. The van der Waals surface area contributed by atoms with E-state index in [4.69, 9.17) is 4.74 Å². The maximum absolute atomic E-state index is 6.02. The third kappa shape index (κ3) is 3.07. The Morgan fingerprint density at radius 2 is 2.05 bits per heavy atom. The van der Waals surface area contributed by atoms with Crippen LogP contribution in [0.5, 0.6) is 0 Å². The molecule has 0 spiro atoms. The molecule has 4 nitrogen and oxygen atoms in total. The highest BCUT2D eigenvalue weighted by atomic mass is 16.5. The highest BCUT2D eigenvalue weighted by Gasteiger charge is 2.41. The second-order valence-corrected chi connectivity index (χ2v) is 6.25. The van der Waals surface area contributed by atoms with Crippen molar-refractivity contribution in [1.29, 1.82) is 0 Å². The van der Waals surface area contributed by atoms with Crippen LogP contribution in [-0.4, -0.2) is 34.6 Å². The largest absolute Gasteiger partial charge is 0.375 e. The monoisotopic (exact) mass is 279 g/mol. The van der Waals surface area contributed by atoms with Crippen LogP contribution in [0.25, 0.3) is 0 Å². The van der Waals surface area contributed by atoms with Crippen LogP contribution in [0.4, 0.5) is 0 Å². The minimum Gasteiger partial charge on any atom is -0.375 e. The average molecular weight is 279 g/mol. The molecule has 114 valence electrons. The van der Waals surface area contributed by atoms with Gasteiger partial charge in [0.25, 0.3) is 0 Å². The van der Waals surface area contributed by atoms with Gasteiger partial charge in [0, 0.05) is 31.1 Å². The van der Waals surface area contributed by atoms with Crippen LogP contribution in [0.1, 0.15) is 39.1 Å². The number of likely N-dealkylation sites (N-methyl/N-ethyl adjacent to an activating group) is 1. The molecule has 0 aliphatic carbocycles. The van der Waals surface area contributed by atoms with Crippen LogP contribution in [0, 0.1) is 18.8 Å². The Hall–Kier alpha value is -0.870. The van der Waals surface area contributed by atoms with Gasteiger partial charge in [0.05, 0.1) is 17.9 Å². The zero-order valence-electron chi connectivity index (χ0n) is 13.7. The second kappa shape index (κ2) is 6.27. The molecule has 5 atom stereocenters. The van der Waals surface area contributed by atoms with Crippen LogP contribution >= 0.6 is 0 Å². The van der Waals surface area contributed by atoms with E-state index in [2.05, 4.69) is 51.1 Å². The van der Waals surface area contributed by atoms with E-state index in [1.54, 1.807) is 0 Å². The van der Waals surface area contributed by atoms with Gasteiger partial charge >= 0.3 is 0 Å². The molecule has 0 amide bonds. The topological polar surface area (TPSA) is 39.1 Å². The van der Waals surface area contributed by atoms with Gasteiger partial charge in [-0.1, -0.05) is 13.8 Å². The molecule has 1 fully saturated rings. The highest BCUT2D eigenvalue weighted by molar-refractivity contribution is 5.11. The van der Waals surface area contributed by atoms with E-state index < -0.39 is 0 Å². The lowest BCUT2D eigenvalue weighted by Crippen LogP contribution is -2.43. The van der Waals surface area contributed by atoms with Crippen molar-refractivity contribution in [2.45, 2.75) is 59.3 Å². The summed E-state index contributed by atoms with van der Waals surface area (Å²) >= 11 is 0. The summed E-state index contributed by atoms with van der Waals surface area (Å²) in [6.45, 7) is 11.9. The summed E-state index contributed by atoms with van der Waals surface area (Å²) in [5, 5.41) is 8.13. The number of hydrogen-bond acceptors (Lipinski definition) is 3. The van der Waals surface area contributed by atoms with Crippen molar-refractivity contribution in [3.8, 4) is 0 Å². The minimum atomic E-state index is 0.318. The fraction of sp³-hybridized carbons (Fsp3) is 0.812. The van der Waals surface area contributed by atoms with Crippen molar-refractivity contribution in [2.24, 2.45) is 18.9 Å². The van der Waals surface area contributed by atoms with Crippen molar-refractivity contribution in [3.63, 3.8) is 0 Å². The molecular formula is C16H29N3O. The normalized spacial score (nSPS) is 31.7. The summed E-state index contributed by atoms with van der Waals surface area (Å²) in [6, 6.07) is 2.64. The lowest BCUT2D eigenvalue weighted by atomic mass is 9.81. The fourth-order valence-electron chi connectivity index (χ4n) is 3.67. The van der Waals surface area contributed by atoms with E-state index in [9.17, 15) is 0 Å². The number of hydrogen-bond donors (Lipinski definition) is 1. The third-order valence-electron chi connectivity index (χ3n) is 4.78. The summed E-state index contributed by atoms with van der Waals surface area (Å²) < 4.78 is 8.03. The Balaban J connectivity index is 2.16. The number of aryl methyl sites for hydroxylation is 2. The molecule has 0 saturated carbocycles. The number of aromatic nitrogens is 2. The predicted octanol–water partition coefficient (Wildman–Crippen LogP) is 2.31. The van der Waals surface area contributed by atoms with Crippen LogP contribution in [0.2, 0.25) is 0 Å². The molecule has 5 unspecified atom stereocenters. The molecule has 2 heterocycles. The summed E-state index contributed by atoms with van der Waals surface area (Å²) in [4.78, 5) is 0. The zero-order valence-corrected chi connectivity index (χ0v) is 13.7. The molecule has 0 bridgehead atoms. The molecule has 1 aromatic rings. The number of nitrogens with one attached hydrogen (secondary N) is 1. The summed E-state index contributed by atoms with van der Waals surface area (Å²) in [6.07, 6.45) is 1.68. The smallest absolute Gasteiger partial charge is 0.0597 e. The molecule has 20 heavy (non-hydrogen) atoms. The first-order valence-electron chi connectivity index (χ1n) is 7.82. The summed E-state index contributed by atoms with van der Waals surface area (Å²) in [5.41, 5.74) is 2.39. The number of ether oxygens (including phenoxy) is 1. The van der Waals surface area contributed by atoms with Crippen molar-refractivity contribution in [2.75, 3.05) is 6.54 Å². The van der Waals surface area contributed by atoms with Gasteiger partial charge in [-0.25, -0.2) is 0 Å². The second-order valence-electron chi connectivity index (χ2n) is 6.25. The highest BCUT2D eigenvalue weighted by Crippen LogP contribution is 2.35. The van der Waals surface area contributed by atoms with Crippen molar-refractivity contribution >= 4 is 0 Å². The lowest BCUT2D eigenvalue weighted by molar-refractivity contribution is 0.0476. The molecule has 0 radical (unpaired) electrons. The van der Waals surface area contributed by atoms with Gasteiger partial charge in [-0.2, -0.15) is 5.10 Å².